The van der Waals surface area contributed by atoms with E-state index in [1.165, 1.54) is 57.8 Å². The third kappa shape index (κ3) is 3.95. The average Bonchev–Trinajstić information content (AvgIpc) is 3.30. The van der Waals surface area contributed by atoms with Crippen LogP contribution in [-0.2, 0) is 9.47 Å². The van der Waals surface area contributed by atoms with Crippen molar-refractivity contribution in [1.29, 1.82) is 0 Å². The quantitative estimate of drug-likeness (QED) is 0.696. The molecule has 3 rings (SSSR count). The van der Waals surface area contributed by atoms with E-state index in [0.29, 0.717) is 12.2 Å². The van der Waals surface area contributed by atoms with Crippen LogP contribution >= 0.6 is 0 Å². The summed E-state index contributed by atoms with van der Waals surface area (Å²) in [5, 5.41) is 0. The number of hydrogen-bond donors (Lipinski definition) is 0. The molecule has 2 nitrogen and oxygen atoms in total. The summed E-state index contributed by atoms with van der Waals surface area (Å²) < 4.78 is 11.2. The van der Waals surface area contributed by atoms with Crippen LogP contribution in [0.4, 0.5) is 0 Å². The smallest absolute Gasteiger partial charge is 0.104 e. The zero-order valence-electron chi connectivity index (χ0n) is 12.5. The first-order valence-corrected chi connectivity index (χ1v) is 8.58. The topological polar surface area (TPSA) is 21.8 Å². The second kappa shape index (κ2) is 6.58. The van der Waals surface area contributed by atoms with Gasteiger partial charge >= 0.3 is 0 Å². The summed E-state index contributed by atoms with van der Waals surface area (Å²) in [6.45, 7) is 4.13. The zero-order chi connectivity index (χ0) is 13.1. The molecular formula is C17H30O2. The molecule has 1 heterocycles. The van der Waals surface area contributed by atoms with Gasteiger partial charge in [-0.15, -0.1) is 0 Å². The van der Waals surface area contributed by atoms with Gasteiger partial charge in [0, 0.05) is 0 Å². The van der Waals surface area contributed by atoms with Gasteiger partial charge in [0.2, 0.25) is 0 Å². The Kier molecular flexibility index (Phi) is 4.81. The Bertz CT molecular complexity index is 258. The van der Waals surface area contributed by atoms with Crippen molar-refractivity contribution in [3.05, 3.63) is 0 Å². The minimum Gasteiger partial charge on any atom is -0.375 e. The number of ether oxygens (including phenoxy) is 2. The van der Waals surface area contributed by atoms with Crippen LogP contribution in [0.3, 0.4) is 0 Å². The van der Waals surface area contributed by atoms with Gasteiger partial charge in [-0.3, -0.25) is 0 Å². The van der Waals surface area contributed by atoms with Crippen molar-refractivity contribution in [2.75, 3.05) is 13.2 Å². The first-order valence-electron chi connectivity index (χ1n) is 8.58. The van der Waals surface area contributed by atoms with Gasteiger partial charge in [0.05, 0.1) is 19.3 Å². The maximum absolute atomic E-state index is 5.95. The molecule has 0 N–H and O–H groups in total. The highest BCUT2D eigenvalue weighted by molar-refractivity contribution is 4.82. The molecule has 0 aromatic heterocycles. The zero-order valence-corrected chi connectivity index (χ0v) is 12.5. The minimum absolute atomic E-state index is 0.432. The maximum Gasteiger partial charge on any atom is 0.104 e. The van der Waals surface area contributed by atoms with Crippen molar-refractivity contribution in [3.63, 3.8) is 0 Å². The standard InChI is InChI=1S/C17H30O2/c1-2-13-3-5-14(6-4-13)15-7-9-16(10-8-15)18-11-17-12-19-17/h13-17H,2-12H2,1H3. The van der Waals surface area contributed by atoms with Crippen molar-refractivity contribution in [2.24, 2.45) is 17.8 Å². The summed E-state index contributed by atoms with van der Waals surface area (Å²) in [6, 6.07) is 0. The van der Waals surface area contributed by atoms with Gasteiger partial charge in [0.15, 0.2) is 0 Å². The number of rotatable bonds is 5. The van der Waals surface area contributed by atoms with Crippen LogP contribution in [0, 0.1) is 17.8 Å². The Balaban J connectivity index is 1.35. The molecule has 1 aliphatic heterocycles. The van der Waals surface area contributed by atoms with Gasteiger partial charge < -0.3 is 9.47 Å². The molecule has 3 aliphatic rings. The summed E-state index contributed by atoms with van der Waals surface area (Å²) in [5.41, 5.74) is 0. The predicted octanol–water partition coefficient (Wildman–Crippen LogP) is 4.18. The van der Waals surface area contributed by atoms with Crippen LogP contribution in [0.15, 0.2) is 0 Å². The molecule has 0 bridgehead atoms. The van der Waals surface area contributed by atoms with Crippen LogP contribution in [0.2, 0.25) is 0 Å². The second-order valence-corrected chi connectivity index (χ2v) is 7.01. The van der Waals surface area contributed by atoms with E-state index in [2.05, 4.69) is 6.92 Å². The molecule has 2 aliphatic carbocycles. The van der Waals surface area contributed by atoms with E-state index in [-0.39, 0.29) is 0 Å². The molecular weight excluding hydrogens is 236 g/mol. The molecule has 0 aromatic rings. The lowest BCUT2D eigenvalue weighted by Crippen LogP contribution is -2.29. The molecule has 2 saturated carbocycles. The lowest BCUT2D eigenvalue weighted by Gasteiger charge is -2.37. The van der Waals surface area contributed by atoms with Crippen LogP contribution in [-0.4, -0.2) is 25.4 Å². The summed E-state index contributed by atoms with van der Waals surface area (Å²) in [6.07, 6.45) is 13.8. The van der Waals surface area contributed by atoms with E-state index in [1.54, 1.807) is 0 Å². The molecule has 110 valence electrons. The summed E-state index contributed by atoms with van der Waals surface area (Å²) >= 11 is 0. The van der Waals surface area contributed by atoms with Gasteiger partial charge in [-0.05, 0) is 56.3 Å². The Morgan fingerprint density at radius 2 is 1.47 bits per heavy atom. The van der Waals surface area contributed by atoms with Gasteiger partial charge in [-0.2, -0.15) is 0 Å². The fraction of sp³-hybridized carbons (Fsp3) is 1.00. The van der Waals surface area contributed by atoms with Crippen molar-refractivity contribution < 1.29 is 9.47 Å². The molecule has 1 saturated heterocycles. The minimum atomic E-state index is 0.432. The third-order valence-corrected chi connectivity index (χ3v) is 5.77. The lowest BCUT2D eigenvalue weighted by atomic mass is 9.70. The van der Waals surface area contributed by atoms with Gasteiger partial charge in [0.1, 0.15) is 6.10 Å². The first kappa shape index (κ1) is 13.9. The number of hydrogen-bond acceptors (Lipinski definition) is 2. The van der Waals surface area contributed by atoms with Crippen LogP contribution in [0.25, 0.3) is 0 Å². The van der Waals surface area contributed by atoms with E-state index >= 15 is 0 Å². The Morgan fingerprint density at radius 3 is 2.00 bits per heavy atom. The molecule has 2 heteroatoms. The second-order valence-electron chi connectivity index (χ2n) is 7.01. The van der Waals surface area contributed by atoms with Crippen LogP contribution < -0.4 is 0 Å². The molecule has 3 fully saturated rings. The van der Waals surface area contributed by atoms with E-state index in [1.807, 2.05) is 0 Å². The number of epoxide rings is 1. The summed E-state index contributed by atoms with van der Waals surface area (Å²) in [7, 11) is 0. The van der Waals surface area contributed by atoms with E-state index < -0.39 is 0 Å². The highest BCUT2D eigenvalue weighted by Gasteiger charge is 2.31. The van der Waals surface area contributed by atoms with Crippen molar-refractivity contribution in [3.8, 4) is 0 Å². The molecule has 0 amide bonds. The van der Waals surface area contributed by atoms with E-state index in [0.717, 1.165) is 31.0 Å². The highest BCUT2D eigenvalue weighted by Crippen LogP contribution is 2.41. The SMILES string of the molecule is CCC1CCC(C2CCC(OCC3CO3)CC2)CC1. The largest absolute Gasteiger partial charge is 0.375 e. The lowest BCUT2D eigenvalue weighted by molar-refractivity contribution is 0.000547. The van der Waals surface area contributed by atoms with Gasteiger partial charge in [-0.1, -0.05) is 26.2 Å². The predicted molar refractivity (Wildman–Crippen MR) is 77.2 cm³/mol. The Morgan fingerprint density at radius 1 is 0.895 bits per heavy atom. The van der Waals surface area contributed by atoms with Crippen LogP contribution in [0.5, 0.6) is 0 Å². The normalized spacial score (nSPS) is 43.1. The average molecular weight is 266 g/mol. The van der Waals surface area contributed by atoms with E-state index in [4.69, 9.17) is 9.47 Å². The first-order chi connectivity index (χ1) is 9.35. The third-order valence-electron chi connectivity index (χ3n) is 5.77. The highest BCUT2D eigenvalue weighted by atomic mass is 16.6. The fourth-order valence-electron chi connectivity index (χ4n) is 4.20. The van der Waals surface area contributed by atoms with Crippen LogP contribution in [0.1, 0.15) is 64.7 Å². The van der Waals surface area contributed by atoms with Gasteiger partial charge in [-0.25, -0.2) is 0 Å². The molecule has 19 heavy (non-hydrogen) atoms. The molecule has 1 atom stereocenters. The Labute approximate surface area is 118 Å². The van der Waals surface area contributed by atoms with E-state index in [9.17, 15) is 0 Å². The van der Waals surface area contributed by atoms with Gasteiger partial charge in [0.25, 0.3) is 0 Å². The van der Waals surface area contributed by atoms with Crippen molar-refractivity contribution >= 4 is 0 Å². The fourth-order valence-corrected chi connectivity index (χ4v) is 4.20. The Hall–Kier alpha value is -0.0800. The molecule has 1 unspecified atom stereocenters. The molecule has 0 aromatic carbocycles. The summed E-state index contributed by atoms with van der Waals surface area (Å²) in [5.74, 6) is 3.08. The molecule has 0 radical (unpaired) electrons. The summed E-state index contributed by atoms with van der Waals surface area (Å²) in [4.78, 5) is 0. The maximum atomic E-state index is 5.95. The van der Waals surface area contributed by atoms with Crippen molar-refractivity contribution in [1.82, 2.24) is 0 Å². The molecule has 0 spiro atoms. The van der Waals surface area contributed by atoms with Crippen molar-refractivity contribution in [2.45, 2.75) is 76.9 Å². The monoisotopic (exact) mass is 266 g/mol.